The van der Waals surface area contributed by atoms with Crippen molar-refractivity contribution in [1.29, 1.82) is 0 Å². The van der Waals surface area contributed by atoms with Crippen LogP contribution >= 0.6 is 15.9 Å². The van der Waals surface area contributed by atoms with Gasteiger partial charge in [0.25, 0.3) is 0 Å². The molecule has 0 aliphatic carbocycles. The minimum Gasteiger partial charge on any atom is -0.478 e. The lowest BCUT2D eigenvalue weighted by Crippen LogP contribution is -2.03. The zero-order valence-corrected chi connectivity index (χ0v) is 8.56. The highest BCUT2D eigenvalue weighted by Gasteiger charge is 2.11. The maximum atomic E-state index is 12.9. The van der Waals surface area contributed by atoms with E-state index in [0.29, 0.717) is 16.5 Å². The fourth-order valence-corrected chi connectivity index (χ4v) is 1.68. The molecule has 0 amide bonds. The number of benzene rings is 1. The Kier molecular flexibility index (Phi) is 3.03. The summed E-state index contributed by atoms with van der Waals surface area (Å²) < 4.78 is 12.9. The second kappa shape index (κ2) is 3.87. The summed E-state index contributed by atoms with van der Waals surface area (Å²) in [4.78, 5) is 10.7. The van der Waals surface area contributed by atoms with Crippen LogP contribution in [0, 0.1) is 12.7 Å². The molecular weight excluding hydrogens is 239 g/mol. The van der Waals surface area contributed by atoms with Gasteiger partial charge in [0.1, 0.15) is 5.82 Å². The van der Waals surface area contributed by atoms with E-state index in [-0.39, 0.29) is 5.56 Å². The Morgan fingerprint density at radius 2 is 2.23 bits per heavy atom. The summed E-state index contributed by atoms with van der Waals surface area (Å²) in [6.07, 6.45) is 0. The van der Waals surface area contributed by atoms with Crippen LogP contribution in [0.15, 0.2) is 12.1 Å². The maximum Gasteiger partial charge on any atom is 0.336 e. The van der Waals surface area contributed by atoms with E-state index in [1.807, 2.05) is 0 Å². The van der Waals surface area contributed by atoms with E-state index in [2.05, 4.69) is 15.9 Å². The molecule has 0 aromatic heterocycles. The molecule has 0 heterocycles. The Balaban J connectivity index is 3.35. The van der Waals surface area contributed by atoms with Crippen molar-refractivity contribution in [1.82, 2.24) is 0 Å². The van der Waals surface area contributed by atoms with Crippen LogP contribution in [0.1, 0.15) is 21.5 Å². The SMILES string of the molecule is Cc1c(CBr)cc(F)cc1C(=O)O. The van der Waals surface area contributed by atoms with Gasteiger partial charge in [-0.2, -0.15) is 0 Å². The minimum absolute atomic E-state index is 0.0226. The van der Waals surface area contributed by atoms with Gasteiger partial charge in [-0.3, -0.25) is 0 Å². The van der Waals surface area contributed by atoms with Gasteiger partial charge in [0.05, 0.1) is 5.56 Å². The van der Waals surface area contributed by atoms with Gasteiger partial charge in [-0.15, -0.1) is 0 Å². The monoisotopic (exact) mass is 246 g/mol. The summed E-state index contributed by atoms with van der Waals surface area (Å²) >= 11 is 3.17. The summed E-state index contributed by atoms with van der Waals surface area (Å²) in [7, 11) is 0. The van der Waals surface area contributed by atoms with Gasteiger partial charge in [0.2, 0.25) is 0 Å². The molecule has 0 atom stereocenters. The lowest BCUT2D eigenvalue weighted by Gasteiger charge is -2.05. The largest absolute Gasteiger partial charge is 0.478 e. The summed E-state index contributed by atoms with van der Waals surface area (Å²) in [5.41, 5.74) is 1.29. The first-order valence-corrected chi connectivity index (χ1v) is 4.76. The molecule has 1 rings (SSSR count). The molecule has 0 saturated heterocycles. The lowest BCUT2D eigenvalue weighted by molar-refractivity contribution is 0.0695. The predicted molar refractivity (Wildman–Crippen MR) is 50.7 cm³/mol. The molecule has 4 heteroatoms. The van der Waals surface area contributed by atoms with Crippen molar-refractivity contribution in [3.05, 3.63) is 34.6 Å². The van der Waals surface area contributed by atoms with Crippen molar-refractivity contribution in [2.45, 2.75) is 12.3 Å². The fraction of sp³-hybridized carbons (Fsp3) is 0.222. The number of alkyl halides is 1. The molecule has 0 unspecified atom stereocenters. The smallest absolute Gasteiger partial charge is 0.336 e. The predicted octanol–water partition coefficient (Wildman–Crippen LogP) is 2.73. The summed E-state index contributed by atoms with van der Waals surface area (Å²) in [6, 6.07) is 2.36. The molecule has 1 aromatic carbocycles. The number of carbonyl (C=O) groups is 1. The average Bonchev–Trinajstić information content (AvgIpc) is 2.08. The first-order chi connectivity index (χ1) is 6.06. The molecule has 70 valence electrons. The number of halogens is 2. The quantitative estimate of drug-likeness (QED) is 0.816. The average molecular weight is 247 g/mol. The number of rotatable bonds is 2. The summed E-state index contributed by atoms with van der Waals surface area (Å²) in [6.45, 7) is 1.67. The molecule has 0 saturated carbocycles. The lowest BCUT2D eigenvalue weighted by atomic mass is 10.0. The third-order valence-electron chi connectivity index (χ3n) is 1.85. The molecule has 2 nitrogen and oxygen atoms in total. The zero-order chi connectivity index (χ0) is 10.0. The Morgan fingerprint density at radius 1 is 1.62 bits per heavy atom. The van der Waals surface area contributed by atoms with Crippen molar-refractivity contribution >= 4 is 21.9 Å². The highest BCUT2D eigenvalue weighted by Crippen LogP contribution is 2.18. The molecule has 0 aliphatic rings. The van der Waals surface area contributed by atoms with Crippen LogP contribution in [0.2, 0.25) is 0 Å². The van der Waals surface area contributed by atoms with Gasteiger partial charge in [-0.05, 0) is 30.2 Å². The van der Waals surface area contributed by atoms with E-state index in [9.17, 15) is 9.18 Å². The van der Waals surface area contributed by atoms with Crippen LogP contribution in [-0.2, 0) is 5.33 Å². The first kappa shape index (κ1) is 10.2. The van der Waals surface area contributed by atoms with Gasteiger partial charge in [-0.25, -0.2) is 9.18 Å². The van der Waals surface area contributed by atoms with Crippen molar-refractivity contribution in [3.63, 3.8) is 0 Å². The van der Waals surface area contributed by atoms with E-state index in [0.717, 1.165) is 6.07 Å². The van der Waals surface area contributed by atoms with E-state index in [1.165, 1.54) is 6.07 Å². The Bertz CT molecular complexity index is 350. The third kappa shape index (κ3) is 2.06. The number of hydrogen-bond acceptors (Lipinski definition) is 1. The van der Waals surface area contributed by atoms with Crippen molar-refractivity contribution < 1.29 is 14.3 Å². The number of carboxylic acid groups (broad SMARTS) is 1. The Morgan fingerprint density at radius 3 is 2.69 bits per heavy atom. The van der Waals surface area contributed by atoms with E-state index in [4.69, 9.17) is 5.11 Å². The molecule has 0 radical (unpaired) electrons. The summed E-state index contributed by atoms with van der Waals surface area (Å²) in [5.74, 6) is -1.61. The van der Waals surface area contributed by atoms with Crippen LogP contribution in [-0.4, -0.2) is 11.1 Å². The molecule has 0 fully saturated rings. The van der Waals surface area contributed by atoms with Gasteiger partial charge in [-0.1, -0.05) is 15.9 Å². The van der Waals surface area contributed by atoms with Crippen molar-refractivity contribution in [2.75, 3.05) is 0 Å². The van der Waals surface area contributed by atoms with E-state index >= 15 is 0 Å². The molecule has 1 aromatic rings. The third-order valence-corrected chi connectivity index (χ3v) is 2.46. The number of hydrogen-bond donors (Lipinski definition) is 1. The van der Waals surface area contributed by atoms with Gasteiger partial charge in [0.15, 0.2) is 0 Å². The molecule has 0 spiro atoms. The molecule has 13 heavy (non-hydrogen) atoms. The van der Waals surface area contributed by atoms with Crippen LogP contribution in [0.4, 0.5) is 4.39 Å². The zero-order valence-electron chi connectivity index (χ0n) is 6.97. The van der Waals surface area contributed by atoms with Crippen molar-refractivity contribution in [2.24, 2.45) is 0 Å². The normalized spacial score (nSPS) is 10.1. The first-order valence-electron chi connectivity index (χ1n) is 3.64. The molecule has 0 aliphatic heterocycles. The number of aromatic carboxylic acids is 1. The molecule has 1 N–H and O–H groups in total. The number of carboxylic acids is 1. The van der Waals surface area contributed by atoms with Crippen LogP contribution in [0.5, 0.6) is 0 Å². The van der Waals surface area contributed by atoms with Gasteiger partial charge in [0, 0.05) is 5.33 Å². The Hall–Kier alpha value is -0.900. The van der Waals surface area contributed by atoms with E-state index < -0.39 is 11.8 Å². The van der Waals surface area contributed by atoms with Crippen LogP contribution in [0.3, 0.4) is 0 Å². The van der Waals surface area contributed by atoms with Crippen molar-refractivity contribution in [3.8, 4) is 0 Å². The molecule has 0 bridgehead atoms. The highest BCUT2D eigenvalue weighted by molar-refractivity contribution is 9.08. The molecular formula is C9H8BrFO2. The second-order valence-electron chi connectivity index (χ2n) is 2.68. The minimum atomic E-state index is -1.10. The Labute approximate surface area is 83.5 Å². The highest BCUT2D eigenvalue weighted by atomic mass is 79.9. The van der Waals surface area contributed by atoms with Crippen LogP contribution in [0.25, 0.3) is 0 Å². The fourth-order valence-electron chi connectivity index (χ4n) is 1.10. The van der Waals surface area contributed by atoms with E-state index in [1.54, 1.807) is 6.92 Å². The van der Waals surface area contributed by atoms with Gasteiger partial charge >= 0.3 is 5.97 Å². The summed E-state index contributed by atoms with van der Waals surface area (Å²) in [5, 5.41) is 9.18. The maximum absolute atomic E-state index is 12.9. The standard InChI is InChI=1S/C9H8BrFO2/c1-5-6(4-10)2-7(11)3-8(5)9(12)13/h2-3H,4H2,1H3,(H,12,13). The van der Waals surface area contributed by atoms with Crippen LogP contribution < -0.4 is 0 Å². The van der Waals surface area contributed by atoms with Gasteiger partial charge < -0.3 is 5.11 Å². The second-order valence-corrected chi connectivity index (χ2v) is 3.24. The topological polar surface area (TPSA) is 37.3 Å².